The first kappa shape index (κ1) is 15.4. The van der Waals surface area contributed by atoms with Crippen molar-refractivity contribution in [3.8, 4) is 0 Å². The zero-order chi connectivity index (χ0) is 16.9. The molecule has 4 atom stereocenters. The number of aryl methyl sites for hydroxylation is 1. The Labute approximate surface area is 141 Å². The molecule has 2 fully saturated rings. The standard InChI is InChI=1S/C19H21NO4/c1-3-12-7-5-6-8-13(12)20-11-19-10-9-14(24-19)15(16(19)17(20)21)18(22)23-4-2/h5-10,14-16H,3-4,11H2,1-2H3/t14-,15-,16-,19+/m0/s1. The third-order valence-electron chi connectivity index (χ3n) is 5.32. The van der Waals surface area contributed by atoms with E-state index in [1.54, 1.807) is 11.8 Å². The summed E-state index contributed by atoms with van der Waals surface area (Å²) in [5, 5.41) is 0. The Kier molecular flexibility index (Phi) is 3.49. The molecular weight excluding hydrogens is 306 g/mol. The Hall–Kier alpha value is -2.14. The van der Waals surface area contributed by atoms with E-state index in [-0.39, 0.29) is 18.0 Å². The smallest absolute Gasteiger partial charge is 0.312 e. The van der Waals surface area contributed by atoms with Gasteiger partial charge in [0.25, 0.3) is 0 Å². The predicted octanol–water partition coefficient (Wildman–Crippen LogP) is 2.10. The number of carbonyl (C=O) groups is 2. The lowest BCUT2D eigenvalue weighted by Crippen LogP contribution is -2.40. The minimum Gasteiger partial charge on any atom is -0.466 e. The number of benzene rings is 1. The van der Waals surface area contributed by atoms with Crippen LogP contribution in [0.4, 0.5) is 5.69 Å². The molecule has 0 saturated carbocycles. The minimum absolute atomic E-state index is 0.0409. The number of anilines is 1. The molecule has 1 amide bonds. The molecule has 0 radical (unpaired) electrons. The predicted molar refractivity (Wildman–Crippen MR) is 88.5 cm³/mol. The van der Waals surface area contributed by atoms with Crippen molar-refractivity contribution >= 4 is 17.6 Å². The summed E-state index contributed by atoms with van der Waals surface area (Å²) in [5.41, 5.74) is 1.34. The monoisotopic (exact) mass is 327 g/mol. The van der Waals surface area contributed by atoms with Gasteiger partial charge in [-0.15, -0.1) is 0 Å². The van der Waals surface area contributed by atoms with E-state index in [0.29, 0.717) is 13.2 Å². The molecule has 0 aliphatic carbocycles. The highest BCUT2D eigenvalue weighted by atomic mass is 16.6. The van der Waals surface area contributed by atoms with Gasteiger partial charge in [0.1, 0.15) is 11.5 Å². The highest BCUT2D eigenvalue weighted by molar-refractivity contribution is 6.03. The minimum atomic E-state index is -0.694. The topological polar surface area (TPSA) is 55.8 Å². The Morgan fingerprint density at radius 2 is 2.17 bits per heavy atom. The van der Waals surface area contributed by atoms with Crippen molar-refractivity contribution in [3.63, 3.8) is 0 Å². The van der Waals surface area contributed by atoms with Gasteiger partial charge in [-0.25, -0.2) is 0 Å². The third kappa shape index (κ3) is 1.97. The number of amides is 1. The number of nitrogens with zero attached hydrogens (tertiary/aromatic N) is 1. The first-order valence-electron chi connectivity index (χ1n) is 8.54. The van der Waals surface area contributed by atoms with E-state index in [2.05, 4.69) is 6.92 Å². The van der Waals surface area contributed by atoms with Gasteiger partial charge in [0.2, 0.25) is 5.91 Å². The summed E-state index contributed by atoms with van der Waals surface area (Å²) in [7, 11) is 0. The largest absolute Gasteiger partial charge is 0.466 e. The maximum atomic E-state index is 13.2. The van der Waals surface area contributed by atoms with Crippen LogP contribution in [0.5, 0.6) is 0 Å². The SMILES string of the molecule is CCOC(=O)[C@H]1[C@@H]2C=C[C@]3(CN(c4ccccc4CC)C(=O)[C@H]13)O2. The van der Waals surface area contributed by atoms with Crippen LogP contribution in [0.2, 0.25) is 0 Å². The average molecular weight is 327 g/mol. The fraction of sp³-hybridized carbons (Fsp3) is 0.474. The van der Waals surface area contributed by atoms with E-state index in [1.165, 1.54) is 0 Å². The van der Waals surface area contributed by atoms with Crippen LogP contribution in [-0.4, -0.2) is 36.7 Å². The summed E-state index contributed by atoms with van der Waals surface area (Å²) in [6, 6.07) is 7.91. The van der Waals surface area contributed by atoms with Crippen LogP contribution in [0.3, 0.4) is 0 Å². The second-order valence-corrected chi connectivity index (χ2v) is 6.56. The first-order chi connectivity index (χ1) is 11.6. The lowest BCUT2D eigenvalue weighted by molar-refractivity contribution is -0.151. The summed E-state index contributed by atoms with van der Waals surface area (Å²) in [5.74, 6) is -1.41. The van der Waals surface area contributed by atoms with E-state index < -0.39 is 17.4 Å². The van der Waals surface area contributed by atoms with Crippen LogP contribution >= 0.6 is 0 Å². The average Bonchev–Trinajstić information content (AvgIpc) is 3.23. The Morgan fingerprint density at radius 1 is 1.38 bits per heavy atom. The van der Waals surface area contributed by atoms with E-state index in [1.807, 2.05) is 36.4 Å². The van der Waals surface area contributed by atoms with Crippen LogP contribution in [0.15, 0.2) is 36.4 Å². The van der Waals surface area contributed by atoms with Crippen molar-refractivity contribution < 1.29 is 19.1 Å². The molecule has 1 aromatic carbocycles. The van der Waals surface area contributed by atoms with Crippen molar-refractivity contribution in [2.45, 2.75) is 32.0 Å². The van der Waals surface area contributed by atoms with Gasteiger partial charge in [0, 0.05) is 5.69 Å². The molecule has 0 unspecified atom stereocenters. The van der Waals surface area contributed by atoms with Crippen LogP contribution in [0.1, 0.15) is 19.4 Å². The second-order valence-electron chi connectivity index (χ2n) is 6.56. The zero-order valence-electron chi connectivity index (χ0n) is 13.9. The Bertz CT molecular complexity index is 728. The molecule has 3 heterocycles. The molecule has 126 valence electrons. The lowest BCUT2D eigenvalue weighted by Gasteiger charge is -2.23. The molecule has 3 aliphatic rings. The molecule has 3 aliphatic heterocycles. The van der Waals surface area contributed by atoms with Gasteiger partial charge in [-0.1, -0.05) is 37.3 Å². The molecule has 4 rings (SSSR count). The fourth-order valence-corrected chi connectivity index (χ4v) is 4.28. The molecule has 0 N–H and O–H groups in total. The summed E-state index contributed by atoms with van der Waals surface area (Å²) < 4.78 is 11.3. The second kappa shape index (κ2) is 5.45. The summed E-state index contributed by atoms with van der Waals surface area (Å²) in [6.45, 7) is 4.61. The third-order valence-corrected chi connectivity index (χ3v) is 5.32. The van der Waals surface area contributed by atoms with Gasteiger partial charge in [-0.2, -0.15) is 0 Å². The molecule has 24 heavy (non-hydrogen) atoms. The molecule has 1 spiro atoms. The zero-order valence-corrected chi connectivity index (χ0v) is 13.9. The summed E-state index contributed by atoms with van der Waals surface area (Å²) in [4.78, 5) is 27.3. The van der Waals surface area contributed by atoms with Gasteiger partial charge in [-0.05, 0) is 25.0 Å². The molecule has 5 nitrogen and oxygen atoms in total. The first-order valence-corrected chi connectivity index (χ1v) is 8.54. The van der Waals surface area contributed by atoms with E-state index in [4.69, 9.17) is 9.47 Å². The van der Waals surface area contributed by atoms with Gasteiger partial charge in [-0.3, -0.25) is 9.59 Å². The van der Waals surface area contributed by atoms with Crippen molar-refractivity contribution in [3.05, 3.63) is 42.0 Å². The summed E-state index contributed by atoms with van der Waals surface area (Å²) in [6.07, 6.45) is 4.37. The normalized spacial score (nSPS) is 33.2. The van der Waals surface area contributed by atoms with Crippen molar-refractivity contribution in [2.75, 3.05) is 18.1 Å². The number of hydrogen-bond acceptors (Lipinski definition) is 4. The van der Waals surface area contributed by atoms with E-state index in [9.17, 15) is 9.59 Å². The van der Waals surface area contributed by atoms with Crippen LogP contribution in [-0.2, 0) is 25.5 Å². The Morgan fingerprint density at radius 3 is 2.92 bits per heavy atom. The van der Waals surface area contributed by atoms with Crippen molar-refractivity contribution in [2.24, 2.45) is 11.8 Å². The highest BCUT2D eigenvalue weighted by Gasteiger charge is 2.67. The highest BCUT2D eigenvalue weighted by Crippen LogP contribution is 2.53. The van der Waals surface area contributed by atoms with E-state index in [0.717, 1.165) is 17.7 Å². The quantitative estimate of drug-likeness (QED) is 0.628. The van der Waals surface area contributed by atoms with Crippen LogP contribution < -0.4 is 4.90 Å². The fourth-order valence-electron chi connectivity index (χ4n) is 4.28. The number of esters is 1. The van der Waals surface area contributed by atoms with Crippen molar-refractivity contribution in [1.82, 2.24) is 0 Å². The van der Waals surface area contributed by atoms with Gasteiger partial charge in [0.05, 0.1) is 25.2 Å². The molecule has 2 saturated heterocycles. The van der Waals surface area contributed by atoms with Crippen LogP contribution in [0.25, 0.3) is 0 Å². The number of ether oxygens (including phenoxy) is 2. The lowest BCUT2D eigenvalue weighted by atomic mass is 9.77. The number of hydrogen-bond donors (Lipinski definition) is 0. The molecule has 0 aromatic heterocycles. The Balaban J connectivity index is 1.71. The van der Waals surface area contributed by atoms with Gasteiger partial charge in [0.15, 0.2) is 0 Å². The number of rotatable bonds is 4. The van der Waals surface area contributed by atoms with Gasteiger partial charge < -0.3 is 14.4 Å². The number of carbonyl (C=O) groups excluding carboxylic acids is 2. The van der Waals surface area contributed by atoms with Crippen LogP contribution in [0, 0.1) is 11.8 Å². The maximum absolute atomic E-state index is 13.2. The molecule has 2 bridgehead atoms. The van der Waals surface area contributed by atoms with E-state index >= 15 is 0 Å². The number of fused-ring (bicyclic) bond motifs is 1. The molecular formula is C19H21NO4. The summed E-state index contributed by atoms with van der Waals surface area (Å²) >= 11 is 0. The van der Waals surface area contributed by atoms with Crippen molar-refractivity contribution in [1.29, 1.82) is 0 Å². The van der Waals surface area contributed by atoms with Gasteiger partial charge >= 0.3 is 5.97 Å². The molecule has 1 aromatic rings. The number of para-hydroxylation sites is 1. The molecule has 5 heteroatoms. The maximum Gasteiger partial charge on any atom is 0.312 e.